The molecule has 0 saturated carbocycles. The Morgan fingerprint density at radius 2 is 2.44 bits per heavy atom. The van der Waals surface area contributed by atoms with Crippen LogP contribution in [0.5, 0.6) is 0 Å². The lowest BCUT2D eigenvalue weighted by Gasteiger charge is -2.27. The summed E-state index contributed by atoms with van der Waals surface area (Å²) in [6.45, 7) is 3.93. The Morgan fingerprint density at radius 3 is 2.88 bits per heavy atom. The van der Waals surface area contributed by atoms with Crippen molar-refractivity contribution in [2.45, 2.75) is 25.4 Å². The van der Waals surface area contributed by atoms with E-state index < -0.39 is 17.6 Å². The van der Waals surface area contributed by atoms with Crippen LogP contribution in [-0.2, 0) is 15.1 Å². The van der Waals surface area contributed by atoms with E-state index in [4.69, 9.17) is 9.84 Å². The molecule has 0 saturated heterocycles. The number of carbonyl (C=O) groups is 1. The molecule has 90 valence electrons. The number of hydrogen-bond donors (Lipinski definition) is 2. The number of ether oxygens (including phenoxy) is 1. The van der Waals surface area contributed by atoms with Gasteiger partial charge in [0.05, 0.1) is 12.1 Å². The van der Waals surface area contributed by atoms with Gasteiger partial charge in [0.15, 0.2) is 0 Å². The molecule has 0 aliphatic heterocycles. The number of aromatic nitrogens is 1. The van der Waals surface area contributed by atoms with Gasteiger partial charge in [0.1, 0.15) is 11.0 Å². The molecular weight excluding hydrogens is 228 g/mol. The molecule has 1 atom stereocenters. The Kier molecular flexibility index (Phi) is 4.40. The van der Waals surface area contributed by atoms with Crippen molar-refractivity contribution in [1.82, 2.24) is 10.3 Å². The van der Waals surface area contributed by atoms with Gasteiger partial charge in [-0.3, -0.25) is 10.1 Å². The minimum absolute atomic E-state index is 0.129. The van der Waals surface area contributed by atoms with Crippen LogP contribution in [0.3, 0.4) is 0 Å². The Balaban J connectivity index is 2.73. The van der Waals surface area contributed by atoms with Gasteiger partial charge in [-0.1, -0.05) is 0 Å². The molecule has 0 bridgehead atoms. The summed E-state index contributed by atoms with van der Waals surface area (Å²) >= 11 is 1.49. The van der Waals surface area contributed by atoms with Gasteiger partial charge < -0.3 is 9.84 Å². The quantitative estimate of drug-likeness (QED) is 0.783. The summed E-state index contributed by atoms with van der Waals surface area (Å²) in [4.78, 5) is 15.2. The molecule has 5 nitrogen and oxygen atoms in total. The average molecular weight is 244 g/mol. The predicted molar refractivity (Wildman–Crippen MR) is 61.6 cm³/mol. The highest BCUT2D eigenvalue weighted by atomic mass is 32.1. The van der Waals surface area contributed by atoms with Gasteiger partial charge in [-0.2, -0.15) is 0 Å². The minimum atomic E-state index is -0.925. The number of nitrogens with one attached hydrogen (secondary N) is 1. The number of thiazole rings is 1. The van der Waals surface area contributed by atoms with Gasteiger partial charge in [-0.15, -0.1) is 11.3 Å². The zero-order valence-electron chi connectivity index (χ0n) is 9.56. The van der Waals surface area contributed by atoms with E-state index in [9.17, 15) is 4.79 Å². The highest BCUT2D eigenvalue weighted by Gasteiger charge is 2.29. The second-order valence-electron chi connectivity index (χ2n) is 3.95. The van der Waals surface area contributed by atoms with Crippen LogP contribution in [-0.4, -0.2) is 35.8 Å². The Hall–Kier alpha value is -0.980. The lowest BCUT2D eigenvalue weighted by Crippen LogP contribution is -2.49. The van der Waals surface area contributed by atoms with Gasteiger partial charge in [-0.05, 0) is 13.8 Å². The number of methoxy groups -OCH3 is 1. The topological polar surface area (TPSA) is 71.5 Å². The average Bonchev–Trinajstić information content (AvgIpc) is 2.69. The molecule has 1 aromatic heterocycles. The third-order valence-corrected chi connectivity index (χ3v) is 3.23. The lowest BCUT2D eigenvalue weighted by molar-refractivity contribution is -0.141. The molecule has 0 aliphatic carbocycles. The van der Waals surface area contributed by atoms with E-state index in [0.717, 1.165) is 5.01 Å². The standard InChI is InChI=1S/C10H16N2O3S/c1-10(2,9-11-4-5-16-9)12-7(6-15-3)8(13)14/h4-5,7,12H,6H2,1-3H3,(H,13,14). The Bertz CT molecular complexity index is 338. The Morgan fingerprint density at radius 1 is 1.75 bits per heavy atom. The Labute approximate surface area is 98.5 Å². The number of carboxylic acid groups (broad SMARTS) is 1. The van der Waals surface area contributed by atoms with E-state index in [1.165, 1.54) is 18.4 Å². The molecule has 1 rings (SSSR count). The summed E-state index contributed by atoms with van der Waals surface area (Å²) in [5.41, 5.74) is -0.476. The molecular formula is C10H16N2O3S. The van der Waals surface area contributed by atoms with Crippen LogP contribution in [0.1, 0.15) is 18.9 Å². The monoisotopic (exact) mass is 244 g/mol. The maximum Gasteiger partial charge on any atom is 0.323 e. The van der Waals surface area contributed by atoms with Crippen LogP contribution in [0.2, 0.25) is 0 Å². The van der Waals surface area contributed by atoms with Crippen LogP contribution >= 0.6 is 11.3 Å². The number of aliphatic carboxylic acids is 1. The molecule has 0 radical (unpaired) electrons. The van der Waals surface area contributed by atoms with Crippen molar-refractivity contribution >= 4 is 17.3 Å². The van der Waals surface area contributed by atoms with Crippen LogP contribution in [0, 0.1) is 0 Å². The highest BCUT2D eigenvalue weighted by molar-refractivity contribution is 7.09. The maximum absolute atomic E-state index is 11.0. The van der Waals surface area contributed by atoms with E-state index in [1.807, 2.05) is 19.2 Å². The van der Waals surface area contributed by atoms with Crippen LogP contribution in [0.25, 0.3) is 0 Å². The zero-order valence-corrected chi connectivity index (χ0v) is 10.4. The van der Waals surface area contributed by atoms with E-state index in [-0.39, 0.29) is 6.61 Å². The minimum Gasteiger partial charge on any atom is -0.480 e. The predicted octanol–water partition coefficient (Wildman–Crippen LogP) is 1.07. The first-order chi connectivity index (χ1) is 7.47. The zero-order chi connectivity index (χ0) is 12.2. The summed E-state index contributed by atoms with van der Waals surface area (Å²) in [7, 11) is 1.48. The fourth-order valence-corrected chi connectivity index (χ4v) is 2.10. The van der Waals surface area contributed by atoms with Crippen molar-refractivity contribution in [3.05, 3.63) is 16.6 Å². The number of carboxylic acids is 1. The normalized spacial score (nSPS) is 13.7. The summed E-state index contributed by atoms with van der Waals surface area (Å²) in [6.07, 6.45) is 1.70. The van der Waals surface area contributed by atoms with Crippen LogP contribution in [0.4, 0.5) is 0 Å². The van der Waals surface area contributed by atoms with Crippen molar-refractivity contribution in [1.29, 1.82) is 0 Å². The first-order valence-corrected chi connectivity index (χ1v) is 5.74. The molecule has 6 heteroatoms. The summed E-state index contributed by atoms with van der Waals surface area (Å²) in [5.74, 6) is -0.925. The second-order valence-corrected chi connectivity index (χ2v) is 4.85. The molecule has 0 aromatic carbocycles. The molecule has 2 N–H and O–H groups in total. The second kappa shape index (κ2) is 5.38. The number of hydrogen-bond acceptors (Lipinski definition) is 5. The van der Waals surface area contributed by atoms with Crippen molar-refractivity contribution in [3.63, 3.8) is 0 Å². The van der Waals surface area contributed by atoms with Gasteiger partial charge in [0.2, 0.25) is 0 Å². The highest BCUT2D eigenvalue weighted by Crippen LogP contribution is 2.22. The molecule has 0 fully saturated rings. The molecule has 0 amide bonds. The van der Waals surface area contributed by atoms with Gasteiger partial charge in [0.25, 0.3) is 0 Å². The smallest absolute Gasteiger partial charge is 0.323 e. The summed E-state index contributed by atoms with van der Waals surface area (Å²) in [5, 5.41) is 14.7. The van der Waals surface area contributed by atoms with Crippen LogP contribution < -0.4 is 5.32 Å². The van der Waals surface area contributed by atoms with E-state index >= 15 is 0 Å². The molecule has 0 spiro atoms. The van der Waals surface area contributed by atoms with E-state index in [1.54, 1.807) is 6.20 Å². The molecule has 16 heavy (non-hydrogen) atoms. The van der Waals surface area contributed by atoms with Crippen molar-refractivity contribution in [2.24, 2.45) is 0 Å². The van der Waals surface area contributed by atoms with E-state index in [0.29, 0.717) is 0 Å². The molecule has 1 aromatic rings. The summed E-state index contributed by atoms with van der Waals surface area (Å²) < 4.78 is 4.87. The molecule has 0 aliphatic rings. The van der Waals surface area contributed by atoms with E-state index in [2.05, 4.69) is 10.3 Å². The molecule has 1 heterocycles. The van der Waals surface area contributed by atoms with Gasteiger partial charge in [-0.25, -0.2) is 4.98 Å². The fourth-order valence-electron chi connectivity index (χ4n) is 1.37. The molecule has 1 unspecified atom stereocenters. The van der Waals surface area contributed by atoms with Gasteiger partial charge >= 0.3 is 5.97 Å². The number of rotatable bonds is 6. The van der Waals surface area contributed by atoms with Gasteiger partial charge in [0, 0.05) is 18.7 Å². The number of nitrogens with zero attached hydrogens (tertiary/aromatic N) is 1. The summed E-state index contributed by atoms with van der Waals surface area (Å²) in [6, 6.07) is -0.733. The van der Waals surface area contributed by atoms with Crippen molar-refractivity contribution in [2.75, 3.05) is 13.7 Å². The lowest BCUT2D eigenvalue weighted by atomic mass is 10.1. The van der Waals surface area contributed by atoms with Crippen molar-refractivity contribution < 1.29 is 14.6 Å². The third kappa shape index (κ3) is 3.26. The first-order valence-electron chi connectivity index (χ1n) is 4.87. The van der Waals surface area contributed by atoms with Crippen LogP contribution in [0.15, 0.2) is 11.6 Å². The largest absolute Gasteiger partial charge is 0.480 e. The fraction of sp³-hybridized carbons (Fsp3) is 0.600. The first kappa shape index (κ1) is 13.1. The third-order valence-electron chi connectivity index (χ3n) is 2.13. The SMILES string of the molecule is COCC(NC(C)(C)c1nccs1)C(=O)O. The maximum atomic E-state index is 11.0. The van der Waals surface area contributed by atoms with Crippen molar-refractivity contribution in [3.8, 4) is 0 Å².